The van der Waals surface area contributed by atoms with Crippen molar-refractivity contribution >= 4 is 42.1 Å². The Bertz CT molecular complexity index is 713. The largest absolute Gasteiger partial charge is 0.493 e. The zero-order valence-corrected chi connectivity index (χ0v) is 18.1. The summed E-state index contributed by atoms with van der Waals surface area (Å²) in [5, 5.41) is 8.22. The van der Waals surface area contributed by atoms with E-state index in [0.717, 1.165) is 38.4 Å². The molecule has 1 aliphatic rings. The van der Waals surface area contributed by atoms with Crippen LogP contribution in [0.25, 0.3) is 0 Å². The predicted molar refractivity (Wildman–Crippen MR) is 116 cm³/mol. The van der Waals surface area contributed by atoms with Gasteiger partial charge < -0.3 is 20.1 Å². The van der Waals surface area contributed by atoms with Crippen LogP contribution in [-0.2, 0) is 6.61 Å². The minimum absolute atomic E-state index is 0. The third-order valence-corrected chi connectivity index (χ3v) is 4.84. The van der Waals surface area contributed by atoms with Gasteiger partial charge in [0.2, 0.25) is 0 Å². The van der Waals surface area contributed by atoms with Crippen molar-refractivity contribution in [2.24, 2.45) is 0 Å². The Morgan fingerprint density at radius 2 is 2.07 bits per heavy atom. The van der Waals surface area contributed by atoms with E-state index in [1.54, 1.807) is 30.8 Å². The summed E-state index contributed by atoms with van der Waals surface area (Å²) in [5.74, 6) is 1.03. The Kier molecular flexibility index (Phi) is 11.2. The molecule has 10 heteroatoms. The predicted octanol–water partition coefficient (Wildman–Crippen LogP) is 2.21. The van der Waals surface area contributed by atoms with Crippen molar-refractivity contribution < 1.29 is 14.3 Å². The summed E-state index contributed by atoms with van der Waals surface area (Å²) in [4.78, 5) is 18.9. The van der Waals surface area contributed by atoms with Gasteiger partial charge in [-0.25, -0.2) is 4.98 Å². The first-order chi connectivity index (χ1) is 12.8. The number of nitrogens with one attached hydrogen (secondary N) is 2. The van der Waals surface area contributed by atoms with Gasteiger partial charge in [-0.05, 0) is 18.2 Å². The number of methoxy groups -OCH3 is 1. The molecule has 2 N–H and O–H groups in total. The van der Waals surface area contributed by atoms with Gasteiger partial charge in [0, 0.05) is 50.2 Å². The second-order valence-corrected chi connectivity index (χ2v) is 6.70. The molecule has 7 nitrogen and oxygen atoms in total. The number of piperazine rings is 1. The summed E-state index contributed by atoms with van der Waals surface area (Å²) in [6.07, 6.45) is 0. The first kappa shape index (κ1) is 24.5. The van der Waals surface area contributed by atoms with Crippen molar-refractivity contribution in [1.82, 2.24) is 20.5 Å². The fourth-order valence-electron chi connectivity index (χ4n) is 2.75. The quantitative estimate of drug-likeness (QED) is 0.644. The van der Waals surface area contributed by atoms with Crippen LogP contribution in [0.1, 0.15) is 16.1 Å². The smallest absolute Gasteiger partial charge is 0.251 e. The SMILES string of the molecule is COc1cc(C(=O)NCCN2CCNCC2)ccc1OCc1cscn1.Cl.Cl. The van der Waals surface area contributed by atoms with Crippen molar-refractivity contribution in [3.05, 3.63) is 40.3 Å². The van der Waals surface area contributed by atoms with E-state index in [2.05, 4.69) is 20.5 Å². The van der Waals surface area contributed by atoms with Gasteiger partial charge in [-0.15, -0.1) is 36.2 Å². The molecule has 1 aromatic heterocycles. The van der Waals surface area contributed by atoms with E-state index in [4.69, 9.17) is 9.47 Å². The van der Waals surface area contributed by atoms with Crippen LogP contribution >= 0.6 is 36.2 Å². The molecule has 0 spiro atoms. The summed E-state index contributed by atoms with van der Waals surface area (Å²) in [6, 6.07) is 5.21. The maximum absolute atomic E-state index is 12.4. The van der Waals surface area contributed by atoms with Gasteiger partial charge in [0.05, 0.1) is 18.3 Å². The van der Waals surface area contributed by atoms with E-state index in [-0.39, 0.29) is 30.7 Å². The maximum Gasteiger partial charge on any atom is 0.251 e. The highest BCUT2D eigenvalue weighted by Gasteiger charge is 2.13. The van der Waals surface area contributed by atoms with Crippen LogP contribution in [0.3, 0.4) is 0 Å². The molecule has 1 fully saturated rings. The van der Waals surface area contributed by atoms with Gasteiger partial charge in [0.15, 0.2) is 11.5 Å². The van der Waals surface area contributed by atoms with Gasteiger partial charge in [-0.2, -0.15) is 0 Å². The summed E-state index contributed by atoms with van der Waals surface area (Å²) in [6.45, 7) is 5.92. The normalized spacial score (nSPS) is 13.8. The number of nitrogens with zero attached hydrogens (tertiary/aromatic N) is 2. The lowest BCUT2D eigenvalue weighted by molar-refractivity contribution is 0.0947. The highest BCUT2D eigenvalue weighted by Crippen LogP contribution is 2.28. The van der Waals surface area contributed by atoms with Crippen molar-refractivity contribution in [3.8, 4) is 11.5 Å². The summed E-state index contributed by atoms with van der Waals surface area (Å²) >= 11 is 1.53. The average Bonchev–Trinajstić information content (AvgIpc) is 3.20. The third-order valence-electron chi connectivity index (χ3n) is 4.21. The number of rotatable bonds is 8. The van der Waals surface area contributed by atoms with Crippen LogP contribution in [0.2, 0.25) is 0 Å². The summed E-state index contributed by atoms with van der Waals surface area (Å²) in [5.41, 5.74) is 3.19. The van der Waals surface area contributed by atoms with E-state index >= 15 is 0 Å². The van der Waals surface area contributed by atoms with Crippen LogP contribution in [0.15, 0.2) is 29.1 Å². The molecule has 156 valence electrons. The van der Waals surface area contributed by atoms with Crippen molar-refractivity contribution in [2.75, 3.05) is 46.4 Å². The van der Waals surface area contributed by atoms with Crippen molar-refractivity contribution in [3.63, 3.8) is 0 Å². The third kappa shape index (κ3) is 7.10. The molecule has 2 aromatic rings. The zero-order chi connectivity index (χ0) is 18.2. The standard InChI is InChI=1S/C18H24N4O3S.2ClH/c1-24-17-10-14(2-3-16(17)25-11-15-12-26-13-21-15)18(23)20-6-9-22-7-4-19-5-8-22;;/h2-3,10,12-13,19H,4-9,11H2,1H3,(H,20,23);2*1H. The number of ether oxygens (including phenoxy) is 2. The molecule has 1 aromatic carbocycles. The van der Waals surface area contributed by atoms with Crippen molar-refractivity contribution in [1.29, 1.82) is 0 Å². The molecule has 3 rings (SSSR count). The van der Waals surface area contributed by atoms with Crippen LogP contribution in [-0.4, -0.2) is 62.2 Å². The van der Waals surface area contributed by atoms with Gasteiger partial charge in [-0.3, -0.25) is 9.69 Å². The first-order valence-corrected chi connectivity index (χ1v) is 9.59. The molecular weight excluding hydrogens is 423 g/mol. The lowest BCUT2D eigenvalue weighted by Crippen LogP contribution is -2.46. The van der Waals surface area contributed by atoms with Crippen LogP contribution in [0, 0.1) is 0 Å². The monoisotopic (exact) mass is 448 g/mol. The first-order valence-electron chi connectivity index (χ1n) is 8.65. The molecule has 28 heavy (non-hydrogen) atoms. The molecule has 0 saturated carbocycles. The second kappa shape index (κ2) is 12.8. The minimum atomic E-state index is -0.107. The Balaban J connectivity index is 0.00000196. The number of aromatic nitrogens is 1. The number of benzene rings is 1. The Hall–Kier alpha value is -1.58. The van der Waals surface area contributed by atoms with Gasteiger partial charge in [-0.1, -0.05) is 0 Å². The van der Waals surface area contributed by atoms with E-state index in [0.29, 0.717) is 30.2 Å². The van der Waals surface area contributed by atoms with E-state index in [1.807, 2.05) is 5.38 Å². The lowest BCUT2D eigenvalue weighted by Gasteiger charge is -2.27. The number of halogens is 2. The topological polar surface area (TPSA) is 75.7 Å². The van der Waals surface area contributed by atoms with Gasteiger partial charge >= 0.3 is 0 Å². The Morgan fingerprint density at radius 1 is 1.29 bits per heavy atom. The number of hydrogen-bond acceptors (Lipinski definition) is 7. The molecule has 1 aliphatic heterocycles. The minimum Gasteiger partial charge on any atom is -0.493 e. The second-order valence-electron chi connectivity index (χ2n) is 5.98. The Morgan fingerprint density at radius 3 is 2.75 bits per heavy atom. The number of amides is 1. The van der Waals surface area contributed by atoms with Gasteiger partial charge in [0.1, 0.15) is 6.61 Å². The lowest BCUT2D eigenvalue weighted by atomic mass is 10.2. The number of hydrogen-bond donors (Lipinski definition) is 2. The number of carbonyl (C=O) groups excluding carboxylic acids is 1. The Labute approximate surface area is 181 Å². The highest BCUT2D eigenvalue weighted by molar-refractivity contribution is 7.07. The molecule has 0 atom stereocenters. The molecule has 0 unspecified atom stereocenters. The summed E-state index contributed by atoms with van der Waals surface area (Å²) in [7, 11) is 1.57. The van der Waals surface area contributed by atoms with Crippen molar-refractivity contribution in [2.45, 2.75) is 6.61 Å². The highest BCUT2D eigenvalue weighted by atomic mass is 35.5. The fourth-order valence-corrected chi connectivity index (χ4v) is 3.30. The molecule has 1 saturated heterocycles. The molecule has 0 bridgehead atoms. The van der Waals surface area contributed by atoms with E-state index in [9.17, 15) is 4.79 Å². The zero-order valence-electron chi connectivity index (χ0n) is 15.7. The average molecular weight is 449 g/mol. The molecule has 1 amide bonds. The van der Waals surface area contributed by atoms with Gasteiger partial charge in [0.25, 0.3) is 5.91 Å². The van der Waals surface area contributed by atoms with Crippen LogP contribution in [0.5, 0.6) is 11.5 Å². The fraction of sp³-hybridized carbons (Fsp3) is 0.444. The van der Waals surface area contributed by atoms with E-state index < -0.39 is 0 Å². The maximum atomic E-state index is 12.4. The molecule has 0 radical (unpaired) electrons. The number of thiazole rings is 1. The molecular formula is C18H26Cl2N4O3S. The number of carbonyl (C=O) groups is 1. The summed E-state index contributed by atoms with van der Waals surface area (Å²) < 4.78 is 11.1. The van der Waals surface area contributed by atoms with Crippen LogP contribution in [0.4, 0.5) is 0 Å². The van der Waals surface area contributed by atoms with E-state index in [1.165, 1.54) is 11.3 Å². The molecule has 2 heterocycles. The molecule has 0 aliphatic carbocycles. The van der Waals surface area contributed by atoms with Crippen LogP contribution < -0.4 is 20.1 Å².